The molecular weight excluding hydrogens is 278 g/mol. The molecule has 1 fully saturated rings. The molecule has 0 saturated heterocycles. The van der Waals surface area contributed by atoms with Crippen LogP contribution in [-0.2, 0) is 0 Å². The molecule has 1 saturated carbocycles. The Bertz CT molecular complexity index is 361. The zero-order chi connectivity index (χ0) is 12.3. The summed E-state index contributed by atoms with van der Waals surface area (Å²) in [6.45, 7) is 2.26. The van der Waals surface area contributed by atoms with Crippen molar-refractivity contribution >= 4 is 15.9 Å². The van der Waals surface area contributed by atoms with Crippen molar-refractivity contribution in [1.82, 2.24) is 4.98 Å². The van der Waals surface area contributed by atoms with Gasteiger partial charge in [-0.15, -0.1) is 0 Å². The summed E-state index contributed by atoms with van der Waals surface area (Å²) in [5.41, 5.74) is 0.944. The number of halogens is 1. The van der Waals surface area contributed by atoms with Crippen LogP contribution in [0.3, 0.4) is 0 Å². The van der Waals surface area contributed by atoms with Crippen molar-refractivity contribution in [2.75, 3.05) is 0 Å². The van der Waals surface area contributed by atoms with E-state index in [4.69, 9.17) is 0 Å². The van der Waals surface area contributed by atoms with Crippen molar-refractivity contribution < 1.29 is 5.11 Å². The van der Waals surface area contributed by atoms with E-state index >= 15 is 0 Å². The van der Waals surface area contributed by atoms with Gasteiger partial charge in [0.1, 0.15) is 0 Å². The van der Waals surface area contributed by atoms with Gasteiger partial charge in [0.25, 0.3) is 0 Å². The van der Waals surface area contributed by atoms with Crippen molar-refractivity contribution in [3.8, 4) is 0 Å². The van der Waals surface area contributed by atoms with Gasteiger partial charge in [0.2, 0.25) is 0 Å². The Morgan fingerprint density at radius 2 is 2.06 bits per heavy atom. The van der Waals surface area contributed by atoms with Crippen LogP contribution in [0.25, 0.3) is 0 Å². The smallest absolute Gasteiger partial charge is 0.0833 e. The molecule has 1 unspecified atom stereocenters. The van der Waals surface area contributed by atoms with Crippen molar-refractivity contribution in [1.29, 1.82) is 0 Å². The van der Waals surface area contributed by atoms with Crippen molar-refractivity contribution in [2.24, 2.45) is 11.8 Å². The average molecular weight is 298 g/mol. The number of nitrogens with zero attached hydrogens (tertiary/aromatic N) is 1. The van der Waals surface area contributed by atoms with Gasteiger partial charge in [-0.1, -0.05) is 26.2 Å². The molecule has 1 aromatic heterocycles. The van der Waals surface area contributed by atoms with Crippen molar-refractivity contribution in [3.63, 3.8) is 0 Å². The molecule has 0 radical (unpaired) electrons. The fourth-order valence-electron chi connectivity index (χ4n) is 2.77. The summed E-state index contributed by atoms with van der Waals surface area (Å²) in [6.07, 6.45) is 9.28. The number of aromatic nitrogens is 1. The molecule has 1 N–H and O–H groups in total. The van der Waals surface area contributed by atoms with Crippen LogP contribution < -0.4 is 0 Å². The summed E-state index contributed by atoms with van der Waals surface area (Å²) < 4.78 is 0.941. The Kier molecular flexibility index (Phi) is 4.57. The molecule has 0 bridgehead atoms. The molecule has 0 spiro atoms. The van der Waals surface area contributed by atoms with Crippen LogP contribution >= 0.6 is 15.9 Å². The molecule has 0 aliphatic heterocycles. The quantitative estimate of drug-likeness (QED) is 0.911. The van der Waals surface area contributed by atoms with Crippen LogP contribution in [0.4, 0.5) is 0 Å². The minimum Gasteiger partial charge on any atom is -0.388 e. The normalized spacial score (nSPS) is 26.8. The number of hydrogen-bond acceptors (Lipinski definition) is 2. The van der Waals surface area contributed by atoms with Gasteiger partial charge in [0, 0.05) is 22.4 Å². The van der Waals surface area contributed by atoms with E-state index in [0.29, 0.717) is 5.92 Å². The van der Waals surface area contributed by atoms with Gasteiger partial charge < -0.3 is 5.11 Å². The predicted octanol–water partition coefficient (Wildman–Crippen LogP) is 4.09. The van der Waals surface area contributed by atoms with E-state index in [1.165, 1.54) is 19.3 Å². The molecule has 1 heterocycles. The first kappa shape index (κ1) is 13.0. The highest BCUT2D eigenvalue weighted by atomic mass is 79.9. The lowest BCUT2D eigenvalue weighted by Crippen LogP contribution is -2.20. The second kappa shape index (κ2) is 5.96. The third kappa shape index (κ3) is 3.29. The molecule has 1 aliphatic carbocycles. The molecule has 3 heteroatoms. The highest BCUT2D eigenvalue weighted by molar-refractivity contribution is 9.10. The minimum absolute atomic E-state index is 0.349. The predicted molar refractivity (Wildman–Crippen MR) is 72.6 cm³/mol. The summed E-state index contributed by atoms with van der Waals surface area (Å²) in [5.74, 6) is 1.29. The largest absolute Gasteiger partial charge is 0.388 e. The monoisotopic (exact) mass is 297 g/mol. The number of aliphatic hydroxyl groups excluding tert-OH is 1. The lowest BCUT2D eigenvalue weighted by Gasteiger charge is -2.31. The summed E-state index contributed by atoms with van der Waals surface area (Å²) in [7, 11) is 0. The van der Waals surface area contributed by atoms with E-state index in [-0.39, 0.29) is 6.10 Å². The number of rotatable bonds is 3. The Morgan fingerprint density at radius 3 is 2.65 bits per heavy atom. The zero-order valence-electron chi connectivity index (χ0n) is 10.3. The van der Waals surface area contributed by atoms with E-state index in [9.17, 15) is 5.11 Å². The minimum atomic E-state index is -0.349. The number of aliphatic hydroxyl groups is 1. The van der Waals surface area contributed by atoms with E-state index in [1.807, 2.05) is 6.07 Å². The van der Waals surface area contributed by atoms with Gasteiger partial charge in [-0.25, -0.2) is 0 Å². The van der Waals surface area contributed by atoms with Crippen LogP contribution in [-0.4, -0.2) is 10.1 Å². The second-order valence-electron chi connectivity index (χ2n) is 5.07. The molecule has 2 rings (SSSR count). The van der Waals surface area contributed by atoms with Gasteiger partial charge in [-0.05, 0) is 46.7 Å². The van der Waals surface area contributed by atoms with Crippen LogP contribution in [0.2, 0.25) is 0 Å². The van der Waals surface area contributed by atoms with Crippen molar-refractivity contribution in [3.05, 3.63) is 28.5 Å². The summed E-state index contributed by atoms with van der Waals surface area (Å²) in [4.78, 5) is 4.12. The first-order chi connectivity index (χ1) is 8.20. The lowest BCUT2D eigenvalue weighted by molar-refractivity contribution is 0.0726. The van der Waals surface area contributed by atoms with Crippen LogP contribution in [0.5, 0.6) is 0 Å². The summed E-state index contributed by atoms with van der Waals surface area (Å²) >= 11 is 3.40. The molecule has 1 atom stereocenters. The van der Waals surface area contributed by atoms with E-state index < -0.39 is 0 Å². The summed E-state index contributed by atoms with van der Waals surface area (Å²) in [6, 6.07) is 1.98. The van der Waals surface area contributed by atoms with Gasteiger partial charge in [0.05, 0.1) is 6.10 Å². The fourth-order valence-corrected chi connectivity index (χ4v) is 3.16. The third-order valence-corrected chi connectivity index (χ3v) is 4.42. The van der Waals surface area contributed by atoms with Gasteiger partial charge in [-0.3, -0.25) is 4.98 Å². The molecular formula is C14H20BrNO. The Balaban J connectivity index is 1.99. The van der Waals surface area contributed by atoms with Crippen molar-refractivity contribution in [2.45, 2.75) is 45.1 Å². The lowest BCUT2D eigenvalue weighted by atomic mass is 9.77. The number of hydrogen-bond donors (Lipinski definition) is 1. The Hall–Kier alpha value is -0.410. The molecule has 1 aromatic rings. The topological polar surface area (TPSA) is 33.1 Å². The highest BCUT2D eigenvalue weighted by Crippen LogP contribution is 2.37. The fraction of sp³-hybridized carbons (Fsp3) is 0.643. The second-order valence-corrected chi connectivity index (χ2v) is 5.99. The van der Waals surface area contributed by atoms with Gasteiger partial charge in [0.15, 0.2) is 0 Å². The van der Waals surface area contributed by atoms with E-state index in [1.54, 1.807) is 12.4 Å². The van der Waals surface area contributed by atoms with Crippen LogP contribution in [0, 0.1) is 11.8 Å². The molecule has 17 heavy (non-hydrogen) atoms. The maximum atomic E-state index is 10.4. The standard InChI is InChI=1S/C14H20BrNO/c1-2-10-3-5-11(6-4-10)14(17)12-7-13(15)9-16-8-12/h7-11,14,17H,2-6H2,1H3. The molecule has 94 valence electrons. The van der Waals surface area contributed by atoms with E-state index in [0.717, 1.165) is 28.8 Å². The van der Waals surface area contributed by atoms with Gasteiger partial charge >= 0.3 is 0 Å². The molecule has 0 aromatic carbocycles. The molecule has 0 amide bonds. The molecule has 2 nitrogen and oxygen atoms in total. The first-order valence-electron chi connectivity index (χ1n) is 6.49. The van der Waals surface area contributed by atoms with Crippen LogP contribution in [0.1, 0.15) is 50.7 Å². The Morgan fingerprint density at radius 1 is 1.35 bits per heavy atom. The van der Waals surface area contributed by atoms with Crippen LogP contribution in [0.15, 0.2) is 22.9 Å². The number of pyridine rings is 1. The SMILES string of the molecule is CCC1CCC(C(O)c2cncc(Br)c2)CC1. The third-order valence-electron chi connectivity index (χ3n) is 3.98. The summed E-state index contributed by atoms with van der Waals surface area (Å²) in [5, 5.41) is 10.4. The average Bonchev–Trinajstić information content (AvgIpc) is 2.38. The highest BCUT2D eigenvalue weighted by Gasteiger charge is 2.26. The molecule has 1 aliphatic rings. The van der Waals surface area contributed by atoms with Gasteiger partial charge in [-0.2, -0.15) is 0 Å². The zero-order valence-corrected chi connectivity index (χ0v) is 11.9. The maximum absolute atomic E-state index is 10.4. The Labute approximate surface area is 112 Å². The van der Waals surface area contributed by atoms with E-state index in [2.05, 4.69) is 27.8 Å². The maximum Gasteiger partial charge on any atom is 0.0833 e. The first-order valence-corrected chi connectivity index (χ1v) is 7.28.